The number of aryl methyl sites for hydroxylation is 1. The van der Waals surface area contributed by atoms with Crippen molar-refractivity contribution in [2.24, 2.45) is 0 Å². The molecule has 2 rings (SSSR count). The molecule has 6 heteroatoms. The maximum absolute atomic E-state index is 12.2. The van der Waals surface area contributed by atoms with Crippen LogP contribution in [0.15, 0.2) is 47.4 Å². The molecule has 0 amide bonds. The summed E-state index contributed by atoms with van der Waals surface area (Å²) in [5, 5.41) is 9.10. The molecular weight excluding hydrogens is 308 g/mol. The van der Waals surface area contributed by atoms with E-state index in [0.717, 1.165) is 11.1 Å². The predicted molar refractivity (Wildman–Crippen MR) is 82.8 cm³/mol. The van der Waals surface area contributed by atoms with Gasteiger partial charge >= 0.3 is 0 Å². The number of nitrogens with one attached hydrogen (secondary N) is 1. The number of anilines is 1. The lowest BCUT2D eigenvalue weighted by Gasteiger charge is -2.09. The molecule has 0 saturated heterocycles. The molecule has 0 aliphatic carbocycles. The molecule has 21 heavy (non-hydrogen) atoms. The minimum absolute atomic E-state index is 0.140. The Labute approximate surface area is 129 Å². The van der Waals surface area contributed by atoms with Crippen molar-refractivity contribution < 1.29 is 8.42 Å². The summed E-state index contributed by atoms with van der Waals surface area (Å²) >= 11 is 5.98. The first-order valence-electron chi connectivity index (χ1n) is 6.17. The van der Waals surface area contributed by atoms with Crippen molar-refractivity contribution >= 4 is 27.3 Å². The highest BCUT2D eigenvalue weighted by Gasteiger charge is 2.14. The Morgan fingerprint density at radius 1 is 1.19 bits per heavy atom. The topological polar surface area (TPSA) is 70.0 Å². The lowest BCUT2D eigenvalue weighted by Crippen LogP contribution is -2.13. The van der Waals surface area contributed by atoms with Gasteiger partial charge in [0.25, 0.3) is 10.0 Å². The summed E-state index contributed by atoms with van der Waals surface area (Å²) in [6.07, 6.45) is 0.251. The fraction of sp³-hybridized carbons (Fsp3) is 0.133. The lowest BCUT2D eigenvalue weighted by molar-refractivity contribution is 0.601. The van der Waals surface area contributed by atoms with E-state index in [1.807, 2.05) is 13.0 Å². The molecule has 0 aromatic heterocycles. The van der Waals surface area contributed by atoms with Gasteiger partial charge in [-0.15, -0.1) is 0 Å². The number of benzene rings is 2. The number of nitriles is 1. The van der Waals surface area contributed by atoms with Gasteiger partial charge in [-0.1, -0.05) is 29.8 Å². The average Bonchev–Trinajstić information content (AvgIpc) is 2.44. The number of hydrogen-bond donors (Lipinski definition) is 1. The first kappa shape index (κ1) is 15.4. The molecule has 0 fully saturated rings. The van der Waals surface area contributed by atoms with E-state index in [1.54, 1.807) is 30.3 Å². The third kappa shape index (κ3) is 3.75. The standard InChI is InChI=1S/C15H13ClN2O2S/c1-11-2-5-13(10-15(11)16)18-21(19,20)14-6-3-12(4-7-14)8-9-17/h2-7,10,18H,8H2,1H3. The molecule has 108 valence electrons. The number of sulfonamides is 1. The van der Waals surface area contributed by atoms with E-state index in [2.05, 4.69) is 4.72 Å². The van der Waals surface area contributed by atoms with Gasteiger partial charge in [-0.25, -0.2) is 8.42 Å². The van der Waals surface area contributed by atoms with Crippen LogP contribution < -0.4 is 4.72 Å². The van der Waals surface area contributed by atoms with Gasteiger partial charge in [0.2, 0.25) is 0 Å². The highest BCUT2D eigenvalue weighted by Crippen LogP contribution is 2.22. The van der Waals surface area contributed by atoms with Crippen molar-refractivity contribution in [3.63, 3.8) is 0 Å². The molecule has 0 aliphatic rings. The van der Waals surface area contributed by atoms with Gasteiger partial charge in [-0.05, 0) is 42.3 Å². The van der Waals surface area contributed by atoms with Crippen LogP contribution >= 0.6 is 11.6 Å². The minimum Gasteiger partial charge on any atom is -0.280 e. The molecule has 0 bridgehead atoms. The molecule has 0 unspecified atom stereocenters. The van der Waals surface area contributed by atoms with E-state index in [4.69, 9.17) is 16.9 Å². The molecule has 0 radical (unpaired) electrons. The first-order valence-corrected chi connectivity index (χ1v) is 8.03. The van der Waals surface area contributed by atoms with Crippen molar-refractivity contribution in [2.75, 3.05) is 4.72 Å². The fourth-order valence-corrected chi connectivity index (χ4v) is 2.98. The maximum atomic E-state index is 12.2. The molecule has 0 atom stereocenters. The number of nitrogens with zero attached hydrogens (tertiary/aromatic N) is 1. The summed E-state index contributed by atoms with van der Waals surface area (Å²) in [5.41, 5.74) is 2.06. The molecular formula is C15H13ClN2O2S. The fourth-order valence-electron chi connectivity index (χ4n) is 1.75. The molecule has 0 saturated carbocycles. The second-order valence-electron chi connectivity index (χ2n) is 4.55. The van der Waals surface area contributed by atoms with E-state index < -0.39 is 10.0 Å². The highest BCUT2D eigenvalue weighted by atomic mass is 35.5. The van der Waals surface area contributed by atoms with Crippen molar-refractivity contribution in [2.45, 2.75) is 18.2 Å². The number of rotatable bonds is 4. The minimum atomic E-state index is -3.67. The third-order valence-electron chi connectivity index (χ3n) is 2.94. The number of halogens is 1. The first-order chi connectivity index (χ1) is 9.92. The average molecular weight is 321 g/mol. The zero-order chi connectivity index (χ0) is 15.5. The zero-order valence-electron chi connectivity index (χ0n) is 11.3. The molecule has 0 aliphatic heterocycles. The van der Waals surface area contributed by atoms with Crippen molar-refractivity contribution in [1.29, 1.82) is 5.26 Å². The van der Waals surface area contributed by atoms with Crippen molar-refractivity contribution in [3.05, 3.63) is 58.6 Å². The van der Waals surface area contributed by atoms with Gasteiger partial charge in [0.1, 0.15) is 0 Å². The second-order valence-corrected chi connectivity index (χ2v) is 6.64. The maximum Gasteiger partial charge on any atom is 0.261 e. The third-order valence-corrected chi connectivity index (χ3v) is 4.75. The van der Waals surface area contributed by atoms with Crippen LogP contribution in [0.5, 0.6) is 0 Å². The van der Waals surface area contributed by atoms with Crippen molar-refractivity contribution in [3.8, 4) is 6.07 Å². The Morgan fingerprint density at radius 2 is 1.86 bits per heavy atom. The molecule has 4 nitrogen and oxygen atoms in total. The summed E-state index contributed by atoms with van der Waals surface area (Å²) in [6.45, 7) is 1.84. The van der Waals surface area contributed by atoms with Crippen LogP contribution in [0.2, 0.25) is 5.02 Å². The largest absolute Gasteiger partial charge is 0.280 e. The van der Waals surface area contributed by atoms with Gasteiger partial charge < -0.3 is 0 Å². The molecule has 1 N–H and O–H groups in total. The van der Waals surface area contributed by atoms with Gasteiger partial charge in [-0.2, -0.15) is 5.26 Å². The summed E-state index contributed by atoms with van der Waals surface area (Å²) < 4.78 is 27.0. The smallest absolute Gasteiger partial charge is 0.261 e. The Morgan fingerprint density at radius 3 is 2.43 bits per heavy atom. The quantitative estimate of drug-likeness (QED) is 0.937. The van der Waals surface area contributed by atoms with E-state index >= 15 is 0 Å². The van der Waals surface area contributed by atoms with E-state index in [-0.39, 0.29) is 11.3 Å². The van der Waals surface area contributed by atoms with Crippen LogP contribution in [-0.4, -0.2) is 8.42 Å². The van der Waals surface area contributed by atoms with Crippen LogP contribution in [0.1, 0.15) is 11.1 Å². The van der Waals surface area contributed by atoms with Crippen molar-refractivity contribution in [1.82, 2.24) is 0 Å². The van der Waals surface area contributed by atoms with Crippen LogP contribution in [0.3, 0.4) is 0 Å². The van der Waals surface area contributed by atoms with Crippen LogP contribution in [0.4, 0.5) is 5.69 Å². The number of hydrogen-bond acceptors (Lipinski definition) is 3. The molecule has 2 aromatic rings. The molecule has 2 aromatic carbocycles. The normalized spacial score (nSPS) is 10.9. The van der Waals surface area contributed by atoms with E-state index in [1.165, 1.54) is 12.1 Å². The zero-order valence-corrected chi connectivity index (χ0v) is 12.9. The SMILES string of the molecule is Cc1ccc(NS(=O)(=O)c2ccc(CC#N)cc2)cc1Cl. The highest BCUT2D eigenvalue weighted by molar-refractivity contribution is 7.92. The van der Waals surface area contributed by atoms with Gasteiger partial charge in [0, 0.05) is 5.02 Å². The summed E-state index contributed by atoms with van der Waals surface area (Å²) in [7, 11) is -3.67. The van der Waals surface area contributed by atoms with Crippen LogP contribution in [0, 0.1) is 18.3 Å². The van der Waals surface area contributed by atoms with E-state index in [9.17, 15) is 8.42 Å². The van der Waals surface area contributed by atoms with Gasteiger partial charge in [0.05, 0.1) is 23.1 Å². The lowest BCUT2D eigenvalue weighted by atomic mass is 10.2. The summed E-state index contributed by atoms with van der Waals surface area (Å²) in [6, 6.07) is 13.2. The Bertz CT molecular complexity index is 793. The molecule has 0 heterocycles. The molecule has 0 spiro atoms. The van der Waals surface area contributed by atoms with Gasteiger partial charge in [0.15, 0.2) is 0 Å². The van der Waals surface area contributed by atoms with Gasteiger partial charge in [-0.3, -0.25) is 4.72 Å². The van der Waals surface area contributed by atoms with E-state index in [0.29, 0.717) is 10.7 Å². The second kappa shape index (κ2) is 6.17. The predicted octanol–water partition coefficient (Wildman–Crippen LogP) is 3.52. The van der Waals surface area contributed by atoms with Crippen LogP contribution in [-0.2, 0) is 16.4 Å². The van der Waals surface area contributed by atoms with Crippen LogP contribution in [0.25, 0.3) is 0 Å². The monoisotopic (exact) mass is 320 g/mol. The Hall–Kier alpha value is -2.03. The Kier molecular flexibility index (Phi) is 4.51. The summed E-state index contributed by atoms with van der Waals surface area (Å²) in [5.74, 6) is 0. The summed E-state index contributed by atoms with van der Waals surface area (Å²) in [4.78, 5) is 0.140. The Balaban J connectivity index is 2.25.